The fraction of sp³-hybridized carbons (Fsp3) is 0.118. The first-order valence-corrected chi connectivity index (χ1v) is 7.88. The second kappa shape index (κ2) is 8.83. The third-order valence-corrected chi connectivity index (χ3v) is 3.58. The standard InChI is InChI=1S/C17H16BrN3O3/c1-24-15-8-7-12(9-14(15)18)11-19-21-17(23)10-16(22)20-13-5-3-2-4-6-13/h2-9,11H,10H2,1H3,(H,20,22)(H,21,23). The molecule has 0 radical (unpaired) electrons. The first kappa shape index (κ1) is 17.7. The van der Waals surface area contributed by atoms with Crippen LogP contribution >= 0.6 is 15.9 Å². The zero-order valence-electron chi connectivity index (χ0n) is 13.0. The summed E-state index contributed by atoms with van der Waals surface area (Å²) in [5.74, 6) is -0.192. The van der Waals surface area contributed by atoms with Crippen molar-refractivity contribution < 1.29 is 14.3 Å². The van der Waals surface area contributed by atoms with Gasteiger partial charge in [0.25, 0.3) is 0 Å². The Bertz CT molecular complexity index is 748. The van der Waals surface area contributed by atoms with Crippen LogP contribution in [0.3, 0.4) is 0 Å². The first-order chi connectivity index (χ1) is 11.6. The van der Waals surface area contributed by atoms with Gasteiger partial charge in [0.05, 0.1) is 17.8 Å². The Morgan fingerprint density at radius 3 is 2.58 bits per heavy atom. The lowest BCUT2D eigenvalue weighted by Crippen LogP contribution is -2.24. The summed E-state index contributed by atoms with van der Waals surface area (Å²) in [4.78, 5) is 23.4. The van der Waals surface area contributed by atoms with Gasteiger partial charge >= 0.3 is 0 Å². The highest BCUT2D eigenvalue weighted by Gasteiger charge is 2.08. The molecule has 0 saturated carbocycles. The van der Waals surface area contributed by atoms with Crippen molar-refractivity contribution in [3.8, 4) is 5.75 Å². The van der Waals surface area contributed by atoms with E-state index < -0.39 is 11.8 Å². The maximum atomic E-state index is 11.7. The number of methoxy groups -OCH3 is 1. The predicted octanol–water partition coefficient (Wildman–Crippen LogP) is 2.94. The Morgan fingerprint density at radius 1 is 1.17 bits per heavy atom. The number of carbonyl (C=O) groups excluding carboxylic acids is 2. The summed E-state index contributed by atoms with van der Waals surface area (Å²) in [6, 6.07) is 14.3. The van der Waals surface area contributed by atoms with Crippen LogP contribution in [0.5, 0.6) is 5.75 Å². The highest BCUT2D eigenvalue weighted by molar-refractivity contribution is 9.10. The number of hydrazone groups is 1. The number of hydrogen-bond donors (Lipinski definition) is 2. The molecule has 0 saturated heterocycles. The molecule has 2 rings (SSSR count). The number of anilines is 1. The summed E-state index contributed by atoms with van der Waals surface area (Å²) in [5, 5.41) is 6.46. The van der Waals surface area contributed by atoms with Gasteiger partial charge in [-0.1, -0.05) is 18.2 Å². The molecule has 2 N–H and O–H groups in total. The normalized spacial score (nSPS) is 10.4. The summed E-state index contributed by atoms with van der Waals surface area (Å²) in [7, 11) is 1.58. The minimum absolute atomic E-state index is 0.307. The number of nitrogens with zero attached hydrogens (tertiary/aromatic N) is 1. The highest BCUT2D eigenvalue weighted by Crippen LogP contribution is 2.24. The molecule has 0 bridgehead atoms. The molecule has 0 aliphatic carbocycles. The molecule has 2 aromatic carbocycles. The molecule has 7 heteroatoms. The Balaban J connectivity index is 1.82. The quantitative estimate of drug-likeness (QED) is 0.452. The van der Waals surface area contributed by atoms with E-state index in [1.165, 1.54) is 6.21 Å². The van der Waals surface area contributed by atoms with Crippen molar-refractivity contribution in [1.29, 1.82) is 0 Å². The van der Waals surface area contributed by atoms with Crippen molar-refractivity contribution in [3.63, 3.8) is 0 Å². The fourth-order valence-corrected chi connectivity index (χ4v) is 2.41. The number of nitrogens with one attached hydrogen (secondary N) is 2. The van der Waals surface area contributed by atoms with Crippen LogP contribution in [0.1, 0.15) is 12.0 Å². The van der Waals surface area contributed by atoms with Gasteiger partial charge in [0.15, 0.2) is 0 Å². The van der Waals surface area contributed by atoms with Gasteiger partial charge in [0.1, 0.15) is 12.2 Å². The summed E-state index contributed by atoms with van der Waals surface area (Å²) in [6.45, 7) is 0. The molecular formula is C17H16BrN3O3. The topological polar surface area (TPSA) is 79.8 Å². The monoisotopic (exact) mass is 389 g/mol. The van der Waals surface area contributed by atoms with E-state index in [4.69, 9.17) is 4.74 Å². The maximum absolute atomic E-state index is 11.7. The number of hydrogen-bond acceptors (Lipinski definition) is 4. The van der Waals surface area contributed by atoms with E-state index >= 15 is 0 Å². The third kappa shape index (κ3) is 5.51. The van der Waals surface area contributed by atoms with Crippen LogP contribution < -0.4 is 15.5 Å². The average Bonchev–Trinajstić information content (AvgIpc) is 2.55. The summed E-state index contributed by atoms with van der Waals surface area (Å²) < 4.78 is 5.91. The number of rotatable bonds is 6. The predicted molar refractivity (Wildman–Crippen MR) is 96.1 cm³/mol. The summed E-state index contributed by atoms with van der Waals surface area (Å²) in [5.41, 5.74) is 3.73. The van der Waals surface area contributed by atoms with Crippen LogP contribution in [0.15, 0.2) is 58.1 Å². The molecule has 2 aromatic rings. The van der Waals surface area contributed by atoms with E-state index in [2.05, 4.69) is 31.8 Å². The zero-order valence-corrected chi connectivity index (χ0v) is 14.5. The first-order valence-electron chi connectivity index (χ1n) is 7.09. The minimum Gasteiger partial charge on any atom is -0.496 e. The summed E-state index contributed by atoms with van der Waals surface area (Å²) >= 11 is 3.37. The minimum atomic E-state index is -0.493. The van der Waals surface area contributed by atoms with Gasteiger partial charge in [-0.3, -0.25) is 9.59 Å². The van der Waals surface area contributed by atoms with Gasteiger partial charge in [-0.05, 0) is 51.8 Å². The Labute approximate surface area is 148 Å². The zero-order chi connectivity index (χ0) is 17.4. The molecule has 0 aromatic heterocycles. The number of carbonyl (C=O) groups is 2. The molecule has 0 fully saturated rings. The lowest BCUT2D eigenvalue weighted by atomic mass is 10.2. The number of amides is 2. The molecule has 2 amide bonds. The van der Waals surface area contributed by atoms with Gasteiger partial charge in [-0.2, -0.15) is 5.10 Å². The maximum Gasteiger partial charge on any atom is 0.249 e. The van der Waals surface area contributed by atoms with Crippen LogP contribution in [0.25, 0.3) is 0 Å². The lowest BCUT2D eigenvalue weighted by molar-refractivity contribution is -0.126. The van der Waals surface area contributed by atoms with Gasteiger partial charge in [-0.15, -0.1) is 0 Å². The van der Waals surface area contributed by atoms with Crippen molar-refractivity contribution in [2.45, 2.75) is 6.42 Å². The van der Waals surface area contributed by atoms with E-state index in [1.54, 1.807) is 49.6 Å². The molecule has 0 spiro atoms. The summed E-state index contributed by atoms with van der Waals surface area (Å²) in [6.07, 6.45) is 1.18. The fourth-order valence-electron chi connectivity index (χ4n) is 1.85. The highest BCUT2D eigenvalue weighted by atomic mass is 79.9. The van der Waals surface area contributed by atoms with Crippen LogP contribution in [0, 0.1) is 0 Å². The van der Waals surface area contributed by atoms with E-state index in [1.807, 2.05) is 6.07 Å². The van der Waals surface area contributed by atoms with Crippen molar-refractivity contribution in [3.05, 3.63) is 58.6 Å². The Hall–Kier alpha value is -2.67. The van der Waals surface area contributed by atoms with Gasteiger partial charge in [-0.25, -0.2) is 5.43 Å². The molecule has 0 atom stereocenters. The van der Waals surface area contributed by atoms with Crippen LogP contribution in [0.4, 0.5) is 5.69 Å². The molecule has 6 nitrogen and oxygen atoms in total. The van der Waals surface area contributed by atoms with Crippen molar-refractivity contribution >= 4 is 39.6 Å². The van der Waals surface area contributed by atoms with Crippen molar-refractivity contribution in [1.82, 2.24) is 5.43 Å². The van der Waals surface area contributed by atoms with E-state index in [-0.39, 0.29) is 6.42 Å². The van der Waals surface area contributed by atoms with Crippen molar-refractivity contribution in [2.75, 3.05) is 12.4 Å². The van der Waals surface area contributed by atoms with Gasteiger partial charge in [0, 0.05) is 5.69 Å². The molecule has 0 heterocycles. The molecule has 24 heavy (non-hydrogen) atoms. The van der Waals surface area contributed by atoms with E-state index in [9.17, 15) is 9.59 Å². The average molecular weight is 390 g/mol. The lowest BCUT2D eigenvalue weighted by Gasteiger charge is -2.04. The number of benzene rings is 2. The van der Waals surface area contributed by atoms with Crippen molar-refractivity contribution in [2.24, 2.45) is 5.10 Å². The van der Waals surface area contributed by atoms with E-state index in [0.29, 0.717) is 11.4 Å². The molecular weight excluding hydrogens is 374 g/mol. The Morgan fingerprint density at radius 2 is 1.92 bits per heavy atom. The largest absolute Gasteiger partial charge is 0.496 e. The van der Waals surface area contributed by atoms with Crippen LogP contribution in [0.2, 0.25) is 0 Å². The molecule has 0 aliphatic heterocycles. The van der Waals surface area contributed by atoms with Gasteiger partial charge < -0.3 is 10.1 Å². The van der Waals surface area contributed by atoms with Gasteiger partial charge in [0.2, 0.25) is 11.8 Å². The van der Waals surface area contributed by atoms with E-state index in [0.717, 1.165) is 10.0 Å². The smallest absolute Gasteiger partial charge is 0.249 e. The molecule has 0 unspecified atom stereocenters. The second-order valence-electron chi connectivity index (χ2n) is 4.78. The third-order valence-electron chi connectivity index (χ3n) is 2.96. The van der Waals surface area contributed by atoms with Crippen LogP contribution in [-0.2, 0) is 9.59 Å². The molecule has 0 aliphatic rings. The molecule has 124 valence electrons. The number of para-hydroxylation sites is 1. The Kier molecular flexibility index (Phi) is 6.51. The number of halogens is 1. The SMILES string of the molecule is COc1ccc(C=NNC(=O)CC(=O)Nc2ccccc2)cc1Br. The number of ether oxygens (including phenoxy) is 1. The van der Waals surface area contributed by atoms with Crippen LogP contribution in [-0.4, -0.2) is 25.1 Å². The second-order valence-corrected chi connectivity index (χ2v) is 5.63.